The van der Waals surface area contributed by atoms with Crippen molar-refractivity contribution in [2.75, 3.05) is 45.1 Å². The van der Waals surface area contributed by atoms with E-state index in [2.05, 4.69) is 16.0 Å². The zero-order chi connectivity index (χ0) is 29.2. The SMILES string of the molecule is O=C(O)COCCOCCOCNC(=O)CCC(=O)N[C@@H](Cc1ccccc1)C(=O)Nc1ccc([N+](=O)[O-])cc1. The quantitative estimate of drug-likeness (QED) is 0.0840. The van der Waals surface area contributed by atoms with Crippen LogP contribution in [0.25, 0.3) is 0 Å². The Kier molecular flexibility index (Phi) is 14.3. The Morgan fingerprint density at radius 2 is 1.48 bits per heavy atom. The standard InChI is InChI=1S/C26H32N4O10/c31-23(27-18-40-15-13-38-12-14-39-17-25(33)34)10-11-24(32)29-22(16-19-4-2-1-3-5-19)26(35)28-20-6-8-21(9-7-20)30(36)37/h1-9,22H,10-18H2,(H,27,31)(H,28,35)(H,29,32)(H,33,34)/t22-/m0/s1. The van der Waals surface area contributed by atoms with E-state index in [-0.39, 0.29) is 58.1 Å². The van der Waals surface area contributed by atoms with Crippen LogP contribution >= 0.6 is 0 Å². The molecule has 1 atom stereocenters. The highest BCUT2D eigenvalue weighted by Gasteiger charge is 2.22. The third-order valence-corrected chi connectivity index (χ3v) is 5.20. The summed E-state index contributed by atoms with van der Waals surface area (Å²) in [5.41, 5.74) is 1.02. The predicted molar refractivity (Wildman–Crippen MR) is 141 cm³/mol. The number of non-ortho nitro benzene ring substituents is 1. The minimum atomic E-state index is -1.06. The van der Waals surface area contributed by atoms with E-state index in [9.17, 15) is 29.3 Å². The van der Waals surface area contributed by atoms with Gasteiger partial charge >= 0.3 is 5.97 Å². The number of nitro benzene ring substituents is 1. The largest absolute Gasteiger partial charge is 0.480 e. The van der Waals surface area contributed by atoms with Gasteiger partial charge in [-0.15, -0.1) is 0 Å². The molecule has 0 bridgehead atoms. The van der Waals surface area contributed by atoms with Gasteiger partial charge in [0, 0.05) is 37.1 Å². The molecule has 0 aliphatic rings. The molecule has 0 saturated heterocycles. The third kappa shape index (κ3) is 13.4. The topological polar surface area (TPSA) is 195 Å². The number of carboxylic acid groups (broad SMARTS) is 1. The van der Waals surface area contributed by atoms with Crippen molar-refractivity contribution in [1.29, 1.82) is 0 Å². The average molecular weight is 561 g/mol. The molecular weight excluding hydrogens is 528 g/mol. The molecule has 14 heteroatoms. The van der Waals surface area contributed by atoms with Crippen molar-refractivity contribution in [3.05, 3.63) is 70.3 Å². The van der Waals surface area contributed by atoms with Crippen molar-refractivity contribution in [3.63, 3.8) is 0 Å². The zero-order valence-corrected chi connectivity index (χ0v) is 21.7. The first-order chi connectivity index (χ1) is 19.2. The minimum absolute atomic E-state index is 0.0897. The summed E-state index contributed by atoms with van der Waals surface area (Å²) in [5.74, 6) is -2.50. The van der Waals surface area contributed by atoms with Crippen LogP contribution in [0, 0.1) is 10.1 Å². The molecule has 0 heterocycles. The van der Waals surface area contributed by atoms with E-state index in [0.717, 1.165) is 5.56 Å². The molecule has 0 aliphatic heterocycles. The van der Waals surface area contributed by atoms with Crippen LogP contribution < -0.4 is 16.0 Å². The van der Waals surface area contributed by atoms with Crippen LogP contribution in [0.15, 0.2) is 54.6 Å². The number of carbonyl (C=O) groups excluding carboxylic acids is 3. The van der Waals surface area contributed by atoms with Gasteiger partial charge in [0.05, 0.1) is 31.4 Å². The van der Waals surface area contributed by atoms with Gasteiger partial charge < -0.3 is 35.3 Å². The zero-order valence-electron chi connectivity index (χ0n) is 21.7. The van der Waals surface area contributed by atoms with Gasteiger partial charge in [-0.2, -0.15) is 0 Å². The molecule has 216 valence electrons. The maximum absolute atomic E-state index is 12.9. The molecule has 2 rings (SSSR count). The highest BCUT2D eigenvalue weighted by molar-refractivity contribution is 5.97. The predicted octanol–water partition coefficient (Wildman–Crippen LogP) is 1.25. The summed E-state index contributed by atoms with van der Waals surface area (Å²) >= 11 is 0. The van der Waals surface area contributed by atoms with E-state index in [1.54, 1.807) is 12.1 Å². The van der Waals surface area contributed by atoms with Crippen molar-refractivity contribution in [3.8, 4) is 0 Å². The van der Waals surface area contributed by atoms with Gasteiger partial charge in [0.1, 0.15) is 19.4 Å². The first kappa shape index (κ1) is 31.8. The minimum Gasteiger partial charge on any atom is -0.480 e. The molecule has 0 radical (unpaired) electrons. The van der Waals surface area contributed by atoms with Crippen molar-refractivity contribution in [1.82, 2.24) is 10.6 Å². The molecule has 0 aliphatic carbocycles. The number of rotatable bonds is 19. The average Bonchev–Trinajstić information content (AvgIpc) is 2.93. The van der Waals surface area contributed by atoms with E-state index >= 15 is 0 Å². The number of hydrogen-bond donors (Lipinski definition) is 4. The molecule has 2 aromatic carbocycles. The second-order valence-electron chi connectivity index (χ2n) is 8.31. The number of nitrogens with one attached hydrogen (secondary N) is 3. The molecule has 0 fully saturated rings. The van der Waals surface area contributed by atoms with Gasteiger partial charge in [0.25, 0.3) is 5.69 Å². The summed E-state index contributed by atoms with van der Waals surface area (Å²) < 4.78 is 15.2. The smallest absolute Gasteiger partial charge is 0.329 e. The van der Waals surface area contributed by atoms with Crippen molar-refractivity contribution < 1.29 is 43.4 Å². The maximum atomic E-state index is 12.9. The summed E-state index contributed by atoms with van der Waals surface area (Å²) in [7, 11) is 0. The molecular formula is C26H32N4O10. The first-order valence-electron chi connectivity index (χ1n) is 12.3. The normalized spacial score (nSPS) is 11.3. The lowest BCUT2D eigenvalue weighted by Crippen LogP contribution is -2.45. The number of carboxylic acids is 1. The third-order valence-electron chi connectivity index (χ3n) is 5.20. The summed E-state index contributed by atoms with van der Waals surface area (Å²) in [6, 6.07) is 13.4. The van der Waals surface area contributed by atoms with Crippen LogP contribution in [0.2, 0.25) is 0 Å². The maximum Gasteiger partial charge on any atom is 0.329 e. The number of benzene rings is 2. The Balaban J connectivity index is 1.74. The molecule has 14 nitrogen and oxygen atoms in total. The van der Waals surface area contributed by atoms with Crippen LogP contribution in [-0.2, 0) is 39.8 Å². The number of amides is 3. The van der Waals surface area contributed by atoms with Crippen LogP contribution in [0.4, 0.5) is 11.4 Å². The molecule has 2 aromatic rings. The fourth-order valence-electron chi connectivity index (χ4n) is 3.24. The van der Waals surface area contributed by atoms with Crippen LogP contribution in [0.5, 0.6) is 0 Å². The number of nitro groups is 1. The van der Waals surface area contributed by atoms with Crippen LogP contribution in [0.1, 0.15) is 18.4 Å². The first-order valence-corrected chi connectivity index (χ1v) is 12.3. The molecule has 0 spiro atoms. The lowest BCUT2D eigenvalue weighted by Gasteiger charge is -2.19. The number of ether oxygens (including phenoxy) is 3. The van der Waals surface area contributed by atoms with Gasteiger partial charge in [-0.1, -0.05) is 30.3 Å². The molecule has 0 saturated carbocycles. The number of hydrogen-bond acceptors (Lipinski definition) is 9. The van der Waals surface area contributed by atoms with Crippen LogP contribution in [-0.4, -0.2) is 79.5 Å². The van der Waals surface area contributed by atoms with Crippen molar-refractivity contribution >= 4 is 35.1 Å². The van der Waals surface area contributed by atoms with E-state index in [1.807, 2.05) is 18.2 Å². The lowest BCUT2D eigenvalue weighted by molar-refractivity contribution is -0.384. The molecule has 0 aromatic heterocycles. The highest BCUT2D eigenvalue weighted by Crippen LogP contribution is 2.16. The fraction of sp³-hybridized carbons (Fsp3) is 0.385. The molecule has 40 heavy (non-hydrogen) atoms. The molecule has 3 amide bonds. The van der Waals surface area contributed by atoms with Gasteiger partial charge in [0.2, 0.25) is 17.7 Å². The summed E-state index contributed by atoms with van der Waals surface area (Å²) in [6.07, 6.45) is -0.102. The molecule has 0 unspecified atom stereocenters. The second-order valence-corrected chi connectivity index (χ2v) is 8.31. The Hall–Kier alpha value is -4.40. The summed E-state index contributed by atoms with van der Waals surface area (Å²) in [5, 5.41) is 27.1. The number of anilines is 1. The Morgan fingerprint density at radius 3 is 2.12 bits per heavy atom. The van der Waals surface area contributed by atoms with Crippen molar-refractivity contribution in [2.45, 2.75) is 25.3 Å². The van der Waals surface area contributed by atoms with Gasteiger partial charge in [-0.3, -0.25) is 24.5 Å². The van der Waals surface area contributed by atoms with Gasteiger partial charge in [-0.05, 0) is 17.7 Å². The summed E-state index contributed by atoms with van der Waals surface area (Å²) in [4.78, 5) is 58.1. The highest BCUT2D eigenvalue weighted by atomic mass is 16.6. The summed E-state index contributed by atoms with van der Waals surface area (Å²) in [6.45, 7) is 0.260. The second kappa shape index (κ2) is 18.0. The monoisotopic (exact) mass is 560 g/mol. The lowest BCUT2D eigenvalue weighted by atomic mass is 10.0. The number of nitrogens with zero attached hydrogens (tertiary/aromatic N) is 1. The Bertz CT molecular complexity index is 1110. The Labute approximate surface area is 230 Å². The van der Waals surface area contributed by atoms with E-state index in [0.29, 0.717) is 5.69 Å². The van der Waals surface area contributed by atoms with Crippen molar-refractivity contribution in [2.24, 2.45) is 0 Å². The molecule has 4 N–H and O–H groups in total. The van der Waals surface area contributed by atoms with Gasteiger partial charge in [0.15, 0.2) is 0 Å². The van der Waals surface area contributed by atoms with E-state index in [4.69, 9.17) is 19.3 Å². The fourth-order valence-corrected chi connectivity index (χ4v) is 3.24. The Morgan fingerprint density at radius 1 is 0.850 bits per heavy atom. The van der Waals surface area contributed by atoms with Crippen LogP contribution in [0.3, 0.4) is 0 Å². The number of carbonyl (C=O) groups is 4. The van der Waals surface area contributed by atoms with Gasteiger partial charge in [-0.25, -0.2) is 4.79 Å². The van der Waals surface area contributed by atoms with E-state index < -0.39 is 41.3 Å². The van der Waals surface area contributed by atoms with E-state index in [1.165, 1.54) is 24.3 Å². The number of aliphatic carboxylic acids is 1.